The van der Waals surface area contributed by atoms with Gasteiger partial charge in [-0.15, -0.1) is 0 Å². The molecule has 2 heterocycles. The first-order valence-electron chi connectivity index (χ1n) is 6.02. The molecule has 0 fully saturated rings. The molecule has 0 saturated carbocycles. The van der Waals surface area contributed by atoms with Gasteiger partial charge in [-0.1, -0.05) is 0 Å². The van der Waals surface area contributed by atoms with Crippen molar-refractivity contribution in [3.8, 4) is 0 Å². The summed E-state index contributed by atoms with van der Waals surface area (Å²) >= 11 is 0. The third kappa shape index (κ3) is 1.66. The van der Waals surface area contributed by atoms with E-state index in [1.807, 2.05) is 0 Å². The number of nitrogens with one attached hydrogen (secondary N) is 2. The molecule has 3 aliphatic rings. The van der Waals surface area contributed by atoms with E-state index in [1.165, 1.54) is 17.6 Å². The summed E-state index contributed by atoms with van der Waals surface area (Å²) < 4.78 is 28.5. The van der Waals surface area contributed by atoms with Crippen LogP contribution in [0.2, 0.25) is 0 Å². The van der Waals surface area contributed by atoms with E-state index in [4.69, 9.17) is 10.5 Å². The van der Waals surface area contributed by atoms with Crippen molar-refractivity contribution in [1.82, 2.24) is 10.2 Å². The molecule has 2 aliphatic heterocycles. The molecule has 9 heteroatoms. The Balaban J connectivity index is 1.90. The topological polar surface area (TPSA) is 104 Å². The van der Waals surface area contributed by atoms with E-state index in [2.05, 4.69) is 15.3 Å². The lowest BCUT2D eigenvalue weighted by molar-refractivity contribution is -0.0636. The quantitative estimate of drug-likeness (QED) is 0.485. The summed E-state index contributed by atoms with van der Waals surface area (Å²) in [5.41, 5.74) is -0.508. The van der Waals surface area contributed by atoms with Gasteiger partial charge in [0.25, 0.3) is 5.92 Å². The van der Waals surface area contributed by atoms with Crippen LogP contribution in [0.3, 0.4) is 0 Å². The van der Waals surface area contributed by atoms with Gasteiger partial charge in [-0.25, -0.2) is 4.99 Å². The lowest BCUT2D eigenvalue weighted by Crippen LogP contribution is -2.60. The Labute approximate surface area is 112 Å². The minimum atomic E-state index is -3.37. The highest BCUT2D eigenvalue weighted by Crippen LogP contribution is 2.40. The highest BCUT2D eigenvalue weighted by atomic mass is 19.3. The van der Waals surface area contributed by atoms with Gasteiger partial charge in [0.2, 0.25) is 0 Å². The normalized spacial score (nSPS) is 37.9. The Hall–Kier alpha value is -1.87. The fourth-order valence-electron chi connectivity index (χ4n) is 2.70. The number of aliphatic hydroxyl groups is 2. The van der Waals surface area contributed by atoms with E-state index in [0.29, 0.717) is 0 Å². The molecule has 0 amide bonds. The van der Waals surface area contributed by atoms with Crippen LogP contribution in [-0.4, -0.2) is 70.5 Å². The summed E-state index contributed by atoms with van der Waals surface area (Å²) in [6.45, 7) is -0.815. The molecular weight excluding hydrogens is 272 g/mol. The van der Waals surface area contributed by atoms with Crippen molar-refractivity contribution >= 4 is 18.5 Å². The van der Waals surface area contributed by atoms with Gasteiger partial charge in [0, 0.05) is 5.57 Å². The van der Waals surface area contributed by atoms with Crippen molar-refractivity contribution in [2.75, 3.05) is 6.61 Å². The summed E-state index contributed by atoms with van der Waals surface area (Å²) in [5.74, 6) is -3.40. The summed E-state index contributed by atoms with van der Waals surface area (Å²) in [7, 11) is 0. The van der Waals surface area contributed by atoms with Gasteiger partial charge in [0.1, 0.15) is 18.2 Å². The summed E-state index contributed by atoms with van der Waals surface area (Å²) in [5, 5.41) is 29.2. The van der Waals surface area contributed by atoms with Crippen molar-refractivity contribution in [2.45, 2.75) is 30.3 Å². The molecule has 7 nitrogen and oxygen atoms in total. The van der Waals surface area contributed by atoms with Gasteiger partial charge in [-0.3, -0.25) is 10.4 Å². The second kappa shape index (κ2) is 4.32. The van der Waals surface area contributed by atoms with Crippen LogP contribution in [0.5, 0.6) is 0 Å². The second-order valence-electron chi connectivity index (χ2n) is 4.82. The van der Waals surface area contributed by atoms with Gasteiger partial charge in [0.15, 0.2) is 5.84 Å². The Kier molecular flexibility index (Phi) is 2.83. The first-order valence-corrected chi connectivity index (χ1v) is 6.02. The number of fused-ring (bicyclic) bond motifs is 1. The first-order chi connectivity index (χ1) is 9.46. The molecule has 0 bridgehead atoms. The third-order valence-electron chi connectivity index (χ3n) is 3.70. The molecule has 0 aromatic heterocycles. The zero-order chi connectivity index (χ0) is 14.5. The largest absolute Gasteiger partial charge is 0.392 e. The first kappa shape index (κ1) is 13.1. The number of amidine groups is 1. The maximum absolute atomic E-state index is 14.2. The molecule has 1 aliphatic carbocycles. The minimum Gasteiger partial charge on any atom is -0.392 e. The van der Waals surface area contributed by atoms with Crippen LogP contribution in [0, 0.1) is 5.41 Å². The Morgan fingerprint density at radius 2 is 2.25 bits per heavy atom. The highest BCUT2D eigenvalue weighted by molar-refractivity contribution is 5.96. The fraction of sp³-hybridized carbons (Fsp3) is 0.545. The second-order valence-corrected chi connectivity index (χ2v) is 4.82. The summed E-state index contributed by atoms with van der Waals surface area (Å²) in [6.07, 6.45) is 1.31. The van der Waals surface area contributed by atoms with Crippen molar-refractivity contribution in [3.63, 3.8) is 0 Å². The Morgan fingerprint density at radius 1 is 1.50 bits per heavy atom. The molecule has 108 valence electrons. The van der Waals surface area contributed by atoms with Crippen LogP contribution < -0.4 is 5.32 Å². The number of nitrogens with zero attached hydrogens (tertiary/aromatic N) is 3. The monoisotopic (exact) mass is 285 g/mol. The smallest absolute Gasteiger partial charge is 0.294 e. The molecule has 3 rings (SSSR count). The maximum Gasteiger partial charge on any atom is 0.294 e. The van der Waals surface area contributed by atoms with Crippen molar-refractivity contribution in [3.05, 3.63) is 11.6 Å². The molecule has 0 spiro atoms. The van der Waals surface area contributed by atoms with Crippen LogP contribution in [0.1, 0.15) is 0 Å². The predicted octanol–water partition coefficient (Wildman–Crippen LogP) is -1.07. The highest BCUT2D eigenvalue weighted by Gasteiger charge is 2.57. The van der Waals surface area contributed by atoms with E-state index < -0.39 is 42.5 Å². The number of hydrogen-bond acceptors (Lipinski definition) is 6. The molecule has 4 atom stereocenters. The SMILES string of the molecule is N=C1N=CNC2C1N=CN2[C@H]1[C@H](O)C=C(CO)C1(F)F. The average molecular weight is 285 g/mol. The molecule has 0 radical (unpaired) electrons. The lowest BCUT2D eigenvalue weighted by atomic mass is 10.0. The van der Waals surface area contributed by atoms with E-state index >= 15 is 0 Å². The standard InChI is InChI=1S/C11H13F2N5O2/c12-11(13)5(2-19)1-6(20)8(11)18-4-17-7-9(14)15-3-16-10(7)18/h1,3-4,6-8,10,19-20H,2H2,(H2,14,15,16)/t6-,7?,8+,10?/m1/s1. The average Bonchev–Trinajstić information content (AvgIpc) is 2.89. The van der Waals surface area contributed by atoms with Crippen molar-refractivity contribution in [2.24, 2.45) is 9.98 Å². The number of halogens is 2. The van der Waals surface area contributed by atoms with E-state index in [0.717, 1.165) is 6.08 Å². The fourth-order valence-corrected chi connectivity index (χ4v) is 2.70. The van der Waals surface area contributed by atoms with Gasteiger partial charge < -0.3 is 20.4 Å². The summed E-state index contributed by atoms with van der Waals surface area (Å²) in [6, 6.07) is -2.24. The molecule has 0 saturated heterocycles. The maximum atomic E-state index is 14.2. The lowest BCUT2D eigenvalue weighted by Gasteiger charge is -2.38. The van der Waals surface area contributed by atoms with Crippen LogP contribution in [0.25, 0.3) is 0 Å². The van der Waals surface area contributed by atoms with Crippen LogP contribution >= 0.6 is 0 Å². The van der Waals surface area contributed by atoms with Crippen LogP contribution in [0.4, 0.5) is 8.78 Å². The van der Waals surface area contributed by atoms with Gasteiger partial charge in [0.05, 0.1) is 25.4 Å². The Bertz CT molecular complexity index is 533. The number of aliphatic imine (C=N–C) groups is 2. The molecule has 2 unspecified atom stereocenters. The molecule has 20 heavy (non-hydrogen) atoms. The Morgan fingerprint density at radius 3 is 2.90 bits per heavy atom. The molecule has 0 aromatic carbocycles. The van der Waals surface area contributed by atoms with E-state index in [-0.39, 0.29) is 5.84 Å². The summed E-state index contributed by atoms with van der Waals surface area (Å²) in [4.78, 5) is 8.90. The third-order valence-corrected chi connectivity index (χ3v) is 3.70. The molecular formula is C11H13F2N5O2. The number of hydrogen-bond donors (Lipinski definition) is 4. The van der Waals surface area contributed by atoms with Crippen molar-refractivity contribution < 1.29 is 19.0 Å². The number of aliphatic hydroxyl groups excluding tert-OH is 2. The van der Waals surface area contributed by atoms with Gasteiger partial charge in [-0.05, 0) is 6.08 Å². The molecule has 4 N–H and O–H groups in total. The zero-order valence-electron chi connectivity index (χ0n) is 10.2. The zero-order valence-corrected chi connectivity index (χ0v) is 10.2. The van der Waals surface area contributed by atoms with E-state index in [9.17, 15) is 13.9 Å². The number of alkyl halides is 2. The molecule has 0 aromatic rings. The van der Waals surface area contributed by atoms with Crippen LogP contribution in [0.15, 0.2) is 21.6 Å². The van der Waals surface area contributed by atoms with Gasteiger partial charge >= 0.3 is 0 Å². The number of rotatable bonds is 2. The minimum absolute atomic E-state index is 0.0290. The predicted molar refractivity (Wildman–Crippen MR) is 67.2 cm³/mol. The van der Waals surface area contributed by atoms with Crippen LogP contribution in [-0.2, 0) is 0 Å². The van der Waals surface area contributed by atoms with E-state index in [1.54, 1.807) is 0 Å². The van der Waals surface area contributed by atoms with Crippen molar-refractivity contribution in [1.29, 1.82) is 5.41 Å². The van der Waals surface area contributed by atoms with Gasteiger partial charge in [-0.2, -0.15) is 8.78 Å².